The van der Waals surface area contributed by atoms with Crippen molar-refractivity contribution >= 4 is 34.1 Å². The van der Waals surface area contributed by atoms with Gasteiger partial charge in [-0.05, 0) is 71.6 Å². The van der Waals surface area contributed by atoms with Gasteiger partial charge in [-0.25, -0.2) is 0 Å². The first-order valence-corrected chi connectivity index (χ1v) is 10.2. The van der Waals surface area contributed by atoms with Gasteiger partial charge in [-0.1, -0.05) is 56.1 Å². The second-order valence-electron chi connectivity index (χ2n) is 6.99. The molecule has 0 radical (unpaired) electrons. The van der Waals surface area contributed by atoms with Crippen molar-refractivity contribution in [3.63, 3.8) is 0 Å². The number of halogens is 3. The topological polar surface area (TPSA) is 0 Å². The molecule has 136 valence electrons. The van der Waals surface area contributed by atoms with E-state index >= 15 is 0 Å². The highest BCUT2D eigenvalue weighted by Crippen LogP contribution is 2.33. The standard InChI is InChI=1S/C22H21Cl2S.HI/c1-22(2,3)16-4-10-19(11-5-16)25(20-12-6-17(23)7-13-20)21-14-8-18(24)9-15-21;/h4-15H,1-3H3;1H/q+1;/p-1. The molecule has 0 aliphatic rings. The van der Waals surface area contributed by atoms with Crippen LogP contribution in [0.2, 0.25) is 10.0 Å². The molecule has 0 aliphatic carbocycles. The van der Waals surface area contributed by atoms with Crippen LogP contribution in [0.1, 0.15) is 26.3 Å². The fraction of sp³-hybridized carbons (Fsp3) is 0.182. The summed E-state index contributed by atoms with van der Waals surface area (Å²) in [6.45, 7) is 6.71. The summed E-state index contributed by atoms with van der Waals surface area (Å²) in [5.74, 6) is 0. The summed E-state index contributed by atoms with van der Waals surface area (Å²) in [5.41, 5.74) is 1.49. The van der Waals surface area contributed by atoms with E-state index in [1.807, 2.05) is 24.3 Å². The van der Waals surface area contributed by atoms with Gasteiger partial charge in [0, 0.05) is 10.0 Å². The molecule has 0 saturated carbocycles. The normalized spacial score (nSPS) is 11.3. The maximum absolute atomic E-state index is 6.09. The van der Waals surface area contributed by atoms with E-state index in [0.29, 0.717) is 0 Å². The molecule has 3 aromatic rings. The summed E-state index contributed by atoms with van der Waals surface area (Å²) in [6.07, 6.45) is 0. The van der Waals surface area contributed by atoms with Crippen LogP contribution in [0, 0.1) is 0 Å². The van der Waals surface area contributed by atoms with Gasteiger partial charge in [0.25, 0.3) is 0 Å². The fourth-order valence-corrected chi connectivity index (χ4v) is 4.93. The predicted octanol–water partition coefficient (Wildman–Crippen LogP) is 4.39. The van der Waals surface area contributed by atoms with E-state index in [2.05, 4.69) is 69.3 Å². The van der Waals surface area contributed by atoms with E-state index in [9.17, 15) is 0 Å². The summed E-state index contributed by atoms with van der Waals surface area (Å²) in [4.78, 5) is 3.78. The summed E-state index contributed by atoms with van der Waals surface area (Å²) < 4.78 is 0. The van der Waals surface area contributed by atoms with Crippen LogP contribution in [0.15, 0.2) is 87.5 Å². The Morgan fingerprint density at radius 1 is 0.577 bits per heavy atom. The largest absolute Gasteiger partial charge is 1.00 e. The van der Waals surface area contributed by atoms with E-state index in [-0.39, 0.29) is 40.3 Å². The molecule has 0 nitrogen and oxygen atoms in total. The van der Waals surface area contributed by atoms with Crippen molar-refractivity contribution in [2.24, 2.45) is 0 Å². The third kappa shape index (κ3) is 5.19. The van der Waals surface area contributed by atoms with Crippen LogP contribution in [-0.2, 0) is 16.3 Å². The molecule has 0 unspecified atom stereocenters. The first-order valence-electron chi connectivity index (χ1n) is 8.20. The van der Waals surface area contributed by atoms with Crippen LogP contribution >= 0.6 is 23.2 Å². The molecule has 0 heterocycles. The summed E-state index contributed by atoms with van der Waals surface area (Å²) in [6, 6.07) is 25.2. The monoisotopic (exact) mass is 514 g/mol. The Bertz CT molecular complexity index is 790. The van der Waals surface area contributed by atoms with Crippen molar-refractivity contribution in [2.45, 2.75) is 40.9 Å². The van der Waals surface area contributed by atoms with Crippen molar-refractivity contribution in [3.8, 4) is 0 Å². The zero-order chi connectivity index (χ0) is 18.0. The molecular formula is C22H21Cl2IS. The van der Waals surface area contributed by atoms with Gasteiger partial charge in [0.05, 0.1) is 10.9 Å². The Hall–Kier alpha value is -0.680. The van der Waals surface area contributed by atoms with E-state index in [0.717, 1.165) is 10.0 Å². The molecule has 0 atom stereocenters. The van der Waals surface area contributed by atoms with E-state index in [4.69, 9.17) is 23.2 Å². The minimum absolute atomic E-state index is 0. The van der Waals surface area contributed by atoms with Crippen molar-refractivity contribution in [2.75, 3.05) is 0 Å². The number of benzene rings is 3. The van der Waals surface area contributed by atoms with Crippen molar-refractivity contribution in [1.29, 1.82) is 0 Å². The third-order valence-electron chi connectivity index (χ3n) is 4.05. The van der Waals surface area contributed by atoms with Gasteiger partial charge in [-0.2, -0.15) is 0 Å². The van der Waals surface area contributed by atoms with Crippen molar-refractivity contribution in [1.82, 2.24) is 0 Å². The molecule has 26 heavy (non-hydrogen) atoms. The average molecular weight is 515 g/mol. The zero-order valence-corrected chi connectivity index (χ0v) is 19.5. The van der Waals surface area contributed by atoms with Gasteiger partial charge in [0.1, 0.15) is 0 Å². The maximum atomic E-state index is 6.09. The van der Waals surface area contributed by atoms with Crippen LogP contribution in [0.5, 0.6) is 0 Å². The zero-order valence-electron chi connectivity index (χ0n) is 15.0. The molecule has 0 aromatic heterocycles. The SMILES string of the molecule is CC(C)(C)c1ccc([S+](c2ccc(Cl)cc2)c2ccc(Cl)cc2)cc1.[I-]. The molecule has 4 heteroatoms. The summed E-state index contributed by atoms with van der Waals surface area (Å²) in [7, 11) is -0.184. The van der Waals surface area contributed by atoms with E-state index < -0.39 is 0 Å². The van der Waals surface area contributed by atoms with Crippen molar-refractivity contribution in [3.05, 3.63) is 88.4 Å². The Kier molecular flexibility index (Phi) is 7.49. The highest BCUT2D eigenvalue weighted by Gasteiger charge is 2.29. The number of rotatable bonds is 3. The van der Waals surface area contributed by atoms with Gasteiger partial charge in [0.15, 0.2) is 14.7 Å². The number of hydrogen-bond donors (Lipinski definition) is 0. The lowest BCUT2D eigenvalue weighted by molar-refractivity contribution is -0.00000526. The molecule has 0 spiro atoms. The Morgan fingerprint density at radius 2 is 0.885 bits per heavy atom. The molecular weight excluding hydrogens is 494 g/mol. The lowest BCUT2D eigenvalue weighted by Crippen LogP contribution is -3.00. The van der Waals surface area contributed by atoms with Crippen LogP contribution in [-0.4, -0.2) is 0 Å². The Balaban J connectivity index is 0.00000243. The molecule has 3 aromatic carbocycles. The molecule has 0 amide bonds. The lowest BCUT2D eigenvalue weighted by atomic mass is 9.87. The smallest absolute Gasteiger partial charge is 0.166 e. The van der Waals surface area contributed by atoms with E-state index in [1.54, 1.807) is 0 Å². The van der Waals surface area contributed by atoms with Crippen LogP contribution in [0.25, 0.3) is 0 Å². The second-order valence-corrected chi connectivity index (χ2v) is 9.89. The first-order chi connectivity index (χ1) is 11.8. The summed E-state index contributed by atoms with van der Waals surface area (Å²) >= 11 is 12.2. The highest BCUT2D eigenvalue weighted by molar-refractivity contribution is 7.97. The minimum atomic E-state index is -0.184. The lowest BCUT2D eigenvalue weighted by Gasteiger charge is -2.19. The Labute approximate surface area is 186 Å². The third-order valence-corrected chi connectivity index (χ3v) is 6.79. The van der Waals surface area contributed by atoms with Gasteiger partial charge >= 0.3 is 0 Å². The molecule has 0 aliphatic heterocycles. The molecule has 0 N–H and O–H groups in total. The fourth-order valence-electron chi connectivity index (χ4n) is 2.64. The molecule has 0 bridgehead atoms. The first kappa shape index (κ1) is 21.6. The van der Waals surface area contributed by atoms with E-state index in [1.165, 1.54) is 20.2 Å². The quantitative estimate of drug-likeness (QED) is 0.359. The second kappa shape index (κ2) is 9.01. The summed E-state index contributed by atoms with van der Waals surface area (Å²) in [5, 5.41) is 1.51. The van der Waals surface area contributed by atoms with Crippen LogP contribution in [0.3, 0.4) is 0 Å². The highest BCUT2D eigenvalue weighted by atomic mass is 127. The van der Waals surface area contributed by atoms with Crippen molar-refractivity contribution < 1.29 is 24.0 Å². The van der Waals surface area contributed by atoms with Gasteiger partial charge < -0.3 is 24.0 Å². The molecule has 3 rings (SSSR count). The van der Waals surface area contributed by atoms with Gasteiger partial charge in [-0.15, -0.1) is 0 Å². The average Bonchev–Trinajstić information content (AvgIpc) is 2.58. The van der Waals surface area contributed by atoms with Crippen LogP contribution < -0.4 is 24.0 Å². The predicted molar refractivity (Wildman–Crippen MR) is 110 cm³/mol. The van der Waals surface area contributed by atoms with Gasteiger partial charge in [0.2, 0.25) is 0 Å². The Morgan fingerprint density at radius 3 is 1.19 bits per heavy atom. The minimum Gasteiger partial charge on any atom is -1.00 e. The number of hydrogen-bond acceptors (Lipinski definition) is 0. The van der Waals surface area contributed by atoms with Crippen LogP contribution in [0.4, 0.5) is 0 Å². The molecule has 0 fully saturated rings. The van der Waals surface area contributed by atoms with Gasteiger partial charge in [-0.3, -0.25) is 0 Å². The molecule has 0 saturated heterocycles. The maximum Gasteiger partial charge on any atom is 0.166 e.